The first kappa shape index (κ1) is 15.3. The summed E-state index contributed by atoms with van der Waals surface area (Å²) in [7, 11) is 0. The number of aromatic nitrogens is 1. The molecule has 0 bridgehead atoms. The molecule has 0 saturated carbocycles. The number of carbonyl (C=O) groups excluding carboxylic acids is 1. The molecule has 1 fully saturated rings. The van der Waals surface area contributed by atoms with Crippen LogP contribution in [0.3, 0.4) is 0 Å². The molecule has 0 radical (unpaired) electrons. The lowest BCUT2D eigenvalue weighted by molar-refractivity contribution is -0.132. The summed E-state index contributed by atoms with van der Waals surface area (Å²) >= 11 is 1.17. The van der Waals surface area contributed by atoms with Gasteiger partial charge in [-0.2, -0.15) is 0 Å². The van der Waals surface area contributed by atoms with Gasteiger partial charge in [-0.25, -0.2) is 0 Å². The molecular formula is C14H22N2O3S. The first-order valence-electron chi connectivity index (χ1n) is 7.11. The lowest BCUT2D eigenvalue weighted by Gasteiger charge is -2.25. The molecule has 2 rings (SSSR count). The van der Waals surface area contributed by atoms with Crippen molar-refractivity contribution < 1.29 is 9.90 Å². The van der Waals surface area contributed by atoms with Crippen LogP contribution in [0.15, 0.2) is 10.2 Å². The highest BCUT2D eigenvalue weighted by atomic mass is 32.1. The molecule has 6 heteroatoms. The van der Waals surface area contributed by atoms with Crippen molar-refractivity contribution in [2.75, 3.05) is 6.54 Å². The fourth-order valence-corrected chi connectivity index (χ4v) is 3.59. The van der Waals surface area contributed by atoms with Crippen LogP contribution in [0, 0.1) is 6.92 Å². The summed E-state index contributed by atoms with van der Waals surface area (Å²) in [5.74, 6) is 0.0886. The predicted octanol–water partition coefficient (Wildman–Crippen LogP) is 1.37. The van der Waals surface area contributed by atoms with E-state index in [4.69, 9.17) is 0 Å². The Balaban J connectivity index is 1.93. The normalized spacial score (nSPS) is 20.4. The molecule has 2 unspecified atom stereocenters. The van der Waals surface area contributed by atoms with Crippen LogP contribution in [0.5, 0.6) is 0 Å². The smallest absolute Gasteiger partial charge is 0.307 e. The van der Waals surface area contributed by atoms with Gasteiger partial charge >= 0.3 is 4.87 Å². The lowest BCUT2D eigenvalue weighted by atomic mass is 10.1. The Morgan fingerprint density at radius 1 is 1.60 bits per heavy atom. The van der Waals surface area contributed by atoms with Crippen LogP contribution in [0.2, 0.25) is 0 Å². The number of hydrogen-bond donors (Lipinski definition) is 1. The number of likely N-dealkylation sites (tertiary alicyclic amines) is 1. The van der Waals surface area contributed by atoms with Crippen molar-refractivity contribution in [1.82, 2.24) is 9.47 Å². The van der Waals surface area contributed by atoms with Gasteiger partial charge < -0.3 is 14.6 Å². The molecule has 1 aromatic rings. The second kappa shape index (κ2) is 6.54. The summed E-state index contributed by atoms with van der Waals surface area (Å²) in [6, 6.07) is 0.155. The number of carbonyl (C=O) groups is 1. The van der Waals surface area contributed by atoms with E-state index in [0.717, 1.165) is 25.1 Å². The van der Waals surface area contributed by atoms with E-state index in [9.17, 15) is 14.7 Å². The number of nitrogens with zero attached hydrogens (tertiary/aromatic N) is 2. The van der Waals surface area contributed by atoms with Crippen molar-refractivity contribution in [3.63, 3.8) is 0 Å². The van der Waals surface area contributed by atoms with Gasteiger partial charge in [-0.3, -0.25) is 9.59 Å². The standard InChI is InChI=1S/C14H22N2O3S/c1-10-9-20-14(19)15(10)7-5-13(18)16-6-3-4-12(16)8-11(2)17/h9,11-12,17H,3-8H2,1-2H3. The SMILES string of the molecule is Cc1csc(=O)n1CCC(=O)N1CCCC1CC(C)O. The minimum atomic E-state index is -0.380. The van der Waals surface area contributed by atoms with Crippen molar-refractivity contribution >= 4 is 17.2 Å². The molecule has 1 aromatic heterocycles. The van der Waals surface area contributed by atoms with E-state index < -0.39 is 0 Å². The third-order valence-electron chi connectivity index (χ3n) is 3.84. The molecule has 0 aliphatic carbocycles. The predicted molar refractivity (Wildman–Crippen MR) is 79.0 cm³/mol. The quantitative estimate of drug-likeness (QED) is 0.893. The molecule has 1 aliphatic rings. The van der Waals surface area contributed by atoms with Crippen LogP contribution >= 0.6 is 11.3 Å². The van der Waals surface area contributed by atoms with Crippen LogP contribution in [0.1, 0.15) is 38.3 Å². The molecule has 0 spiro atoms. The van der Waals surface area contributed by atoms with Gasteiger partial charge in [0, 0.05) is 36.6 Å². The van der Waals surface area contributed by atoms with Crippen molar-refractivity contribution in [1.29, 1.82) is 0 Å². The zero-order valence-electron chi connectivity index (χ0n) is 12.0. The Kier molecular flexibility index (Phi) is 4.99. The number of amides is 1. The van der Waals surface area contributed by atoms with Gasteiger partial charge in [0.15, 0.2) is 0 Å². The number of aliphatic hydroxyl groups is 1. The second-order valence-electron chi connectivity index (χ2n) is 5.51. The monoisotopic (exact) mass is 298 g/mol. The van der Waals surface area contributed by atoms with Crippen LogP contribution in [0.25, 0.3) is 0 Å². The third-order valence-corrected chi connectivity index (χ3v) is 4.72. The summed E-state index contributed by atoms with van der Waals surface area (Å²) in [5, 5.41) is 11.3. The minimum Gasteiger partial charge on any atom is -0.393 e. The topological polar surface area (TPSA) is 62.5 Å². The molecule has 112 valence electrons. The van der Waals surface area contributed by atoms with Crippen molar-refractivity contribution in [3.8, 4) is 0 Å². The summed E-state index contributed by atoms with van der Waals surface area (Å²) < 4.78 is 1.66. The number of hydrogen-bond acceptors (Lipinski definition) is 4. The van der Waals surface area contributed by atoms with E-state index >= 15 is 0 Å². The largest absolute Gasteiger partial charge is 0.393 e. The lowest BCUT2D eigenvalue weighted by Crippen LogP contribution is -2.37. The molecule has 2 heterocycles. The van der Waals surface area contributed by atoms with Crippen LogP contribution in [-0.4, -0.2) is 39.2 Å². The van der Waals surface area contributed by atoms with Gasteiger partial charge in [0.25, 0.3) is 0 Å². The van der Waals surface area contributed by atoms with E-state index in [1.807, 2.05) is 17.2 Å². The van der Waals surface area contributed by atoms with E-state index in [-0.39, 0.29) is 22.9 Å². The summed E-state index contributed by atoms with van der Waals surface area (Å²) in [5.41, 5.74) is 0.912. The molecule has 1 amide bonds. The molecular weight excluding hydrogens is 276 g/mol. The highest BCUT2D eigenvalue weighted by Gasteiger charge is 2.29. The zero-order valence-corrected chi connectivity index (χ0v) is 12.9. The first-order chi connectivity index (χ1) is 9.49. The number of thiazole rings is 1. The Labute approximate surface area is 122 Å². The number of rotatable bonds is 5. The molecule has 2 atom stereocenters. The number of aliphatic hydroxyl groups excluding tert-OH is 1. The Morgan fingerprint density at radius 3 is 2.95 bits per heavy atom. The van der Waals surface area contributed by atoms with Crippen LogP contribution in [-0.2, 0) is 11.3 Å². The highest BCUT2D eigenvalue weighted by molar-refractivity contribution is 7.07. The maximum absolute atomic E-state index is 12.3. The van der Waals surface area contributed by atoms with Crippen molar-refractivity contribution in [3.05, 3.63) is 20.7 Å². The number of aryl methyl sites for hydroxylation is 1. The highest BCUT2D eigenvalue weighted by Crippen LogP contribution is 2.22. The zero-order chi connectivity index (χ0) is 14.7. The van der Waals surface area contributed by atoms with E-state index in [2.05, 4.69) is 0 Å². The van der Waals surface area contributed by atoms with Gasteiger partial charge in [-0.05, 0) is 33.1 Å². The van der Waals surface area contributed by atoms with Crippen molar-refractivity contribution in [2.45, 2.75) is 58.2 Å². The summed E-state index contributed by atoms with van der Waals surface area (Å²) in [4.78, 5) is 25.8. The average Bonchev–Trinajstić information content (AvgIpc) is 2.94. The Morgan fingerprint density at radius 2 is 2.35 bits per heavy atom. The maximum Gasteiger partial charge on any atom is 0.307 e. The Bertz CT molecular complexity index is 521. The van der Waals surface area contributed by atoms with Gasteiger partial charge in [0.05, 0.1) is 6.10 Å². The van der Waals surface area contributed by atoms with Gasteiger partial charge in [0.1, 0.15) is 0 Å². The fourth-order valence-electron chi connectivity index (χ4n) is 2.83. The Hall–Kier alpha value is -1.14. The maximum atomic E-state index is 12.3. The van der Waals surface area contributed by atoms with Crippen LogP contribution < -0.4 is 4.87 Å². The molecule has 0 aromatic carbocycles. The molecule has 20 heavy (non-hydrogen) atoms. The minimum absolute atomic E-state index is 0.00254. The molecule has 5 nitrogen and oxygen atoms in total. The van der Waals surface area contributed by atoms with E-state index in [0.29, 0.717) is 19.4 Å². The molecule has 1 N–H and O–H groups in total. The van der Waals surface area contributed by atoms with Gasteiger partial charge in [-0.1, -0.05) is 11.3 Å². The summed E-state index contributed by atoms with van der Waals surface area (Å²) in [6.45, 7) is 4.86. The van der Waals surface area contributed by atoms with Crippen molar-refractivity contribution in [2.24, 2.45) is 0 Å². The molecule has 1 aliphatic heterocycles. The fraction of sp³-hybridized carbons (Fsp3) is 0.714. The summed E-state index contributed by atoms with van der Waals surface area (Å²) in [6.07, 6.45) is 2.58. The van der Waals surface area contributed by atoms with E-state index in [1.54, 1.807) is 11.5 Å². The third kappa shape index (κ3) is 3.49. The van der Waals surface area contributed by atoms with Gasteiger partial charge in [-0.15, -0.1) is 0 Å². The average molecular weight is 298 g/mol. The van der Waals surface area contributed by atoms with Gasteiger partial charge in [0.2, 0.25) is 5.91 Å². The van der Waals surface area contributed by atoms with Crippen LogP contribution in [0.4, 0.5) is 0 Å². The second-order valence-corrected chi connectivity index (χ2v) is 6.33. The molecule has 1 saturated heterocycles. The van der Waals surface area contributed by atoms with E-state index in [1.165, 1.54) is 11.3 Å². The first-order valence-corrected chi connectivity index (χ1v) is 7.99.